The SMILES string of the molecule is CCN(CCC(N)=S)C(=O)c1csc2ccccc12. The number of carbonyl (C=O) groups is 1. The fraction of sp³-hybridized carbons (Fsp3) is 0.286. The summed E-state index contributed by atoms with van der Waals surface area (Å²) >= 11 is 6.46. The van der Waals surface area contributed by atoms with E-state index in [1.807, 2.05) is 36.6 Å². The maximum absolute atomic E-state index is 12.5. The molecule has 1 amide bonds. The highest BCUT2D eigenvalue weighted by Gasteiger charge is 2.17. The Balaban J connectivity index is 2.24. The van der Waals surface area contributed by atoms with Crippen LogP contribution in [0.4, 0.5) is 0 Å². The van der Waals surface area contributed by atoms with Crippen LogP contribution in [0.2, 0.25) is 0 Å². The molecule has 5 heteroatoms. The van der Waals surface area contributed by atoms with Gasteiger partial charge in [-0.25, -0.2) is 0 Å². The molecule has 2 aromatic rings. The average Bonchev–Trinajstić information content (AvgIpc) is 2.82. The molecule has 19 heavy (non-hydrogen) atoms. The largest absolute Gasteiger partial charge is 0.393 e. The zero-order valence-corrected chi connectivity index (χ0v) is 12.4. The maximum Gasteiger partial charge on any atom is 0.255 e. The van der Waals surface area contributed by atoms with E-state index in [4.69, 9.17) is 18.0 Å². The number of nitrogens with two attached hydrogens (primary N) is 1. The number of fused-ring (bicyclic) bond motifs is 1. The summed E-state index contributed by atoms with van der Waals surface area (Å²) < 4.78 is 1.14. The molecule has 0 saturated heterocycles. The van der Waals surface area contributed by atoms with Crippen molar-refractivity contribution >= 4 is 44.5 Å². The van der Waals surface area contributed by atoms with E-state index in [0.29, 0.717) is 24.5 Å². The van der Waals surface area contributed by atoms with E-state index in [1.165, 1.54) is 0 Å². The van der Waals surface area contributed by atoms with Crippen LogP contribution in [0, 0.1) is 0 Å². The number of amides is 1. The Labute approximate surface area is 122 Å². The van der Waals surface area contributed by atoms with Gasteiger partial charge in [0.15, 0.2) is 0 Å². The summed E-state index contributed by atoms with van der Waals surface area (Å²) in [6.07, 6.45) is 0.566. The molecule has 0 aliphatic carbocycles. The smallest absolute Gasteiger partial charge is 0.255 e. The van der Waals surface area contributed by atoms with Gasteiger partial charge in [-0.15, -0.1) is 11.3 Å². The van der Waals surface area contributed by atoms with Crippen LogP contribution in [-0.2, 0) is 0 Å². The van der Waals surface area contributed by atoms with Crippen molar-refractivity contribution in [2.24, 2.45) is 5.73 Å². The number of thiophene rings is 1. The van der Waals surface area contributed by atoms with E-state index in [2.05, 4.69) is 0 Å². The molecule has 1 aromatic carbocycles. The van der Waals surface area contributed by atoms with Gasteiger partial charge < -0.3 is 10.6 Å². The second kappa shape index (κ2) is 6.12. The van der Waals surface area contributed by atoms with Crippen molar-refractivity contribution < 1.29 is 4.79 Å². The molecule has 0 aliphatic rings. The number of rotatable bonds is 5. The minimum atomic E-state index is 0.0520. The highest BCUT2D eigenvalue weighted by Crippen LogP contribution is 2.26. The Morgan fingerprint density at radius 1 is 1.42 bits per heavy atom. The average molecular weight is 292 g/mol. The summed E-state index contributed by atoms with van der Waals surface area (Å²) in [4.78, 5) is 14.7. The Morgan fingerprint density at radius 2 is 2.16 bits per heavy atom. The molecule has 2 rings (SSSR count). The molecule has 1 heterocycles. The molecule has 0 fully saturated rings. The summed E-state index contributed by atoms with van der Waals surface area (Å²) in [6, 6.07) is 7.96. The number of hydrogen-bond acceptors (Lipinski definition) is 3. The third kappa shape index (κ3) is 3.11. The number of hydrogen-bond donors (Lipinski definition) is 1. The molecule has 0 unspecified atom stereocenters. The Hall–Kier alpha value is -1.46. The fourth-order valence-corrected chi connectivity index (χ4v) is 2.99. The number of thiocarbonyl (C=S) groups is 1. The lowest BCUT2D eigenvalue weighted by Gasteiger charge is -2.20. The summed E-state index contributed by atoms with van der Waals surface area (Å²) in [5.74, 6) is 0.0520. The topological polar surface area (TPSA) is 46.3 Å². The van der Waals surface area contributed by atoms with E-state index < -0.39 is 0 Å². The Morgan fingerprint density at radius 3 is 2.84 bits per heavy atom. The molecule has 100 valence electrons. The van der Waals surface area contributed by atoms with Crippen molar-refractivity contribution in [1.82, 2.24) is 4.90 Å². The summed E-state index contributed by atoms with van der Waals surface area (Å²) in [6.45, 7) is 3.20. The van der Waals surface area contributed by atoms with E-state index >= 15 is 0 Å². The predicted molar refractivity (Wildman–Crippen MR) is 84.8 cm³/mol. The van der Waals surface area contributed by atoms with E-state index in [-0.39, 0.29) is 5.91 Å². The van der Waals surface area contributed by atoms with Crippen LogP contribution in [0.3, 0.4) is 0 Å². The lowest BCUT2D eigenvalue weighted by molar-refractivity contribution is 0.0771. The van der Waals surface area contributed by atoms with Crippen molar-refractivity contribution in [3.63, 3.8) is 0 Å². The zero-order valence-electron chi connectivity index (χ0n) is 10.8. The monoisotopic (exact) mass is 292 g/mol. The number of benzene rings is 1. The van der Waals surface area contributed by atoms with E-state index in [0.717, 1.165) is 15.6 Å². The van der Waals surface area contributed by atoms with Crippen LogP contribution in [-0.4, -0.2) is 28.9 Å². The molecule has 0 spiro atoms. The highest BCUT2D eigenvalue weighted by atomic mass is 32.1. The van der Waals surface area contributed by atoms with Gasteiger partial charge in [-0.2, -0.15) is 0 Å². The van der Waals surface area contributed by atoms with E-state index in [1.54, 1.807) is 16.2 Å². The summed E-state index contributed by atoms with van der Waals surface area (Å²) in [7, 11) is 0. The Bertz CT molecular complexity index is 606. The third-order valence-corrected chi connectivity index (χ3v) is 4.18. The van der Waals surface area contributed by atoms with Crippen LogP contribution < -0.4 is 5.73 Å². The maximum atomic E-state index is 12.5. The molecule has 1 aromatic heterocycles. The van der Waals surface area contributed by atoms with Crippen LogP contribution in [0.1, 0.15) is 23.7 Å². The molecule has 0 atom stereocenters. The van der Waals surface area contributed by atoms with Gasteiger partial charge in [0.25, 0.3) is 5.91 Å². The van der Waals surface area contributed by atoms with Gasteiger partial charge in [-0.05, 0) is 13.0 Å². The highest BCUT2D eigenvalue weighted by molar-refractivity contribution is 7.80. The van der Waals surface area contributed by atoms with Crippen molar-refractivity contribution in [3.8, 4) is 0 Å². The first-order valence-electron chi connectivity index (χ1n) is 6.17. The van der Waals surface area contributed by atoms with Gasteiger partial charge >= 0.3 is 0 Å². The number of carbonyl (C=O) groups excluding carboxylic acids is 1. The second-order valence-electron chi connectivity index (χ2n) is 4.25. The molecule has 0 saturated carbocycles. The first-order valence-corrected chi connectivity index (χ1v) is 7.46. The quantitative estimate of drug-likeness (QED) is 0.862. The molecule has 0 bridgehead atoms. The van der Waals surface area contributed by atoms with Crippen molar-refractivity contribution in [2.45, 2.75) is 13.3 Å². The second-order valence-corrected chi connectivity index (χ2v) is 5.68. The molecule has 0 aliphatic heterocycles. The molecule has 2 N–H and O–H groups in total. The first kappa shape index (κ1) is 14.0. The minimum Gasteiger partial charge on any atom is -0.393 e. The van der Waals surface area contributed by atoms with Crippen molar-refractivity contribution in [1.29, 1.82) is 0 Å². The van der Waals surface area contributed by atoms with Gasteiger partial charge in [0, 0.05) is 35.0 Å². The normalized spacial score (nSPS) is 10.6. The van der Waals surface area contributed by atoms with Gasteiger partial charge in [0.1, 0.15) is 0 Å². The molecule has 0 radical (unpaired) electrons. The van der Waals surface area contributed by atoms with Gasteiger partial charge in [-0.1, -0.05) is 30.4 Å². The number of nitrogens with zero attached hydrogens (tertiary/aromatic N) is 1. The molecular weight excluding hydrogens is 276 g/mol. The standard InChI is InChI=1S/C14H16N2OS2/c1-2-16(8-7-13(15)18)14(17)11-9-19-12-6-4-3-5-10(11)12/h3-6,9H,2,7-8H2,1H3,(H2,15,18). The van der Waals surface area contributed by atoms with Gasteiger partial charge in [0.05, 0.1) is 10.6 Å². The molecular formula is C14H16N2OS2. The predicted octanol–water partition coefficient (Wildman–Crippen LogP) is 3.04. The lowest BCUT2D eigenvalue weighted by atomic mass is 10.1. The van der Waals surface area contributed by atoms with Crippen LogP contribution in [0.5, 0.6) is 0 Å². The van der Waals surface area contributed by atoms with Gasteiger partial charge in [-0.3, -0.25) is 4.79 Å². The fourth-order valence-electron chi connectivity index (χ4n) is 1.96. The van der Waals surface area contributed by atoms with Crippen LogP contribution in [0.15, 0.2) is 29.6 Å². The summed E-state index contributed by atoms with van der Waals surface area (Å²) in [5.41, 5.74) is 6.27. The minimum absolute atomic E-state index is 0.0520. The Kier molecular flexibility index (Phi) is 4.50. The zero-order chi connectivity index (χ0) is 13.8. The van der Waals surface area contributed by atoms with Crippen LogP contribution in [0.25, 0.3) is 10.1 Å². The first-order chi connectivity index (χ1) is 9.13. The lowest BCUT2D eigenvalue weighted by Crippen LogP contribution is -2.33. The van der Waals surface area contributed by atoms with Crippen LogP contribution >= 0.6 is 23.6 Å². The van der Waals surface area contributed by atoms with E-state index in [9.17, 15) is 4.79 Å². The van der Waals surface area contributed by atoms with Crippen molar-refractivity contribution in [3.05, 3.63) is 35.2 Å². The van der Waals surface area contributed by atoms with Gasteiger partial charge in [0.2, 0.25) is 0 Å². The summed E-state index contributed by atoms with van der Waals surface area (Å²) in [5, 5.41) is 2.95. The third-order valence-electron chi connectivity index (χ3n) is 3.01. The van der Waals surface area contributed by atoms with Crippen molar-refractivity contribution in [2.75, 3.05) is 13.1 Å². The molecule has 3 nitrogen and oxygen atoms in total.